The highest BCUT2D eigenvalue weighted by molar-refractivity contribution is 5.69. The molecule has 0 atom stereocenters. The van der Waals surface area contributed by atoms with Gasteiger partial charge in [-0.25, -0.2) is 14.4 Å². The van der Waals surface area contributed by atoms with Gasteiger partial charge in [0.25, 0.3) is 5.69 Å². The van der Waals surface area contributed by atoms with Crippen LogP contribution in [0.4, 0.5) is 16.0 Å². The quantitative estimate of drug-likeness (QED) is 0.317. The SMILES string of the molecule is Nc1nccc(-c2cc(Oc3ccc([N+](=O)[O-])cc3F)ccc2OCc2ccccc2)n1. The monoisotopic (exact) mass is 432 g/mol. The average molecular weight is 432 g/mol. The summed E-state index contributed by atoms with van der Waals surface area (Å²) in [7, 11) is 0. The van der Waals surface area contributed by atoms with Crippen LogP contribution in [0.2, 0.25) is 0 Å². The summed E-state index contributed by atoms with van der Waals surface area (Å²) in [5.41, 5.74) is 7.41. The minimum Gasteiger partial charge on any atom is -0.488 e. The molecule has 0 bridgehead atoms. The van der Waals surface area contributed by atoms with Crippen LogP contribution >= 0.6 is 0 Å². The molecule has 32 heavy (non-hydrogen) atoms. The predicted molar refractivity (Wildman–Crippen MR) is 116 cm³/mol. The molecule has 1 aromatic heterocycles. The molecule has 9 heteroatoms. The third kappa shape index (κ3) is 4.78. The first-order valence-electron chi connectivity index (χ1n) is 9.51. The molecule has 0 radical (unpaired) electrons. The van der Waals surface area contributed by atoms with Crippen LogP contribution < -0.4 is 15.2 Å². The normalized spacial score (nSPS) is 10.5. The van der Waals surface area contributed by atoms with Gasteiger partial charge >= 0.3 is 0 Å². The van der Waals surface area contributed by atoms with Crippen molar-refractivity contribution in [2.45, 2.75) is 6.61 Å². The third-order valence-corrected chi connectivity index (χ3v) is 4.49. The smallest absolute Gasteiger partial charge is 0.272 e. The number of hydrogen-bond donors (Lipinski definition) is 1. The van der Waals surface area contributed by atoms with Gasteiger partial charge in [0.05, 0.1) is 16.7 Å². The van der Waals surface area contributed by atoms with E-state index in [1.54, 1.807) is 24.3 Å². The van der Waals surface area contributed by atoms with Gasteiger partial charge in [0.2, 0.25) is 5.95 Å². The van der Waals surface area contributed by atoms with Crippen LogP contribution in [0, 0.1) is 15.9 Å². The van der Waals surface area contributed by atoms with Crippen LogP contribution in [0.5, 0.6) is 17.2 Å². The first kappa shape index (κ1) is 20.7. The maximum atomic E-state index is 14.3. The fraction of sp³-hybridized carbons (Fsp3) is 0.0435. The van der Waals surface area contributed by atoms with Gasteiger partial charge < -0.3 is 15.2 Å². The van der Waals surface area contributed by atoms with E-state index >= 15 is 0 Å². The first-order chi connectivity index (χ1) is 15.5. The van der Waals surface area contributed by atoms with E-state index in [-0.39, 0.29) is 23.1 Å². The summed E-state index contributed by atoms with van der Waals surface area (Å²) in [6.45, 7) is 0.325. The fourth-order valence-electron chi connectivity index (χ4n) is 2.97. The lowest BCUT2D eigenvalue weighted by atomic mass is 10.1. The molecule has 0 unspecified atom stereocenters. The number of nitrogens with zero attached hydrogens (tertiary/aromatic N) is 3. The molecule has 0 aliphatic heterocycles. The minimum atomic E-state index is -0.851. The van der Waals surface area contributed by atoms with Gasteiger partial charge in [-0.1, -0.05) is 30.3 Å². The van der Waals surface area contributed by atoms with Crippen molar-refractivity contribution in [2.24, 2.45) is 0 Å². The Hall–Kier alpha value is -4.53. The van der Waals surface area contributed by atoms with E-state index in [2.05, 4.69) is 9.97 Å². The highest BCUT2D eigenvalue weighted by atomic mass is 19.1. The molecular formula is C23H17FN4O4. The Bertz CT molecular complexity index is 1270. The van der Waals surface area contributed by atoms with E-state index in [1.165, 1.54) is 18.3 Å². The zero-order valence-corrected chi connectivity index (χ0v) is 16.6. The van der Waals surface area contributed by atoms with Gasteiger partial charge in [-0.05, 0) is 35.9 Å². The van der Waals surface area contributed by atoms with Gasteiger partial charge in [0, 0.05) is 17.8 Å². The molecule has 2 N–H and O–H groups in total. The van der Waals surface area contributed by atoms with Crippen LogP contribution in [0.25, 0.3) is 11.3 Å². The molecule has 0 aliphatic rings. The highest BCUT2D eigenvalue weighted by Gasteiger charge is 2.15. The molecule has 8 nitrogen and oxygen atoms in total. The maximum Gasteiger partial charge on any atom is 0.272 e. The number of aromatic nitrogens is 2. The topological polar surface area (TPSA) is 113 Å². The number of nitro groups is 1. The van der Waals surface area contributed by atoms with Crippen LogP contribution in [-0.4, -0.2) is 14.9 Å². The zero-order valence-electron chi connectivity index (χ0n) is 16.6. The molecular weight excluding hydrogens is 415 g/mol. The van der Waals surface area contributed by atoms with E-state index < -0.39 is 10.7 Å². The van der Waals surface area contributed by atoms with Gasteiger partial charge in [0.15, 0.2) is 11.6 Å². The van der Waals surface area contributed by atoms with Crippen LogP contribution in [0.3, 0.4) is 0 Å². The van der Waals surface area contributed by atoms with E-state index in [1.807, 2.05) is 30.3 Å². The fourth-order valence-corrected chi connectivity index (χ4v) is 2.97. The molecule has 0 saturated carbocycles. The Kier molecular flexibility index (Phi) is 5.89. The Morgan fingerprint density at radius 2 is 1.78 bits per heavy atom. The number of hydrogen-bond acceptors (Lipinski definition) is 7. The second kappa shape index (κ2) is 9.09. The highest BCUT2D eigenvalue weighted by Crippen LogP contribution is 2.36. The van der Waals surface area contributed by atoms with Gasteiger partial charge in [-0.3, -0.25) is 10.1 Å². The Labute approximate surface area is 182 Å². The van der Waals surface area contributed by atoms with Crippen molar-refractivity contribution in [2.75, 3.05) is 5.73 Å². The molecule has 0 spiro atoms. The molecule has 0 aliphatic carbocycles. The summed E-state index contributed by atoms with van der Waals surface area (Å²) in [6.07, 6.45) is 1.52. The summed E-state index contributed by atoms with van der Waals surface area (Å²) >= 11 is 0. The van der Waals surface area contributed by atoms with Crippen LogP contribution in [0.1, 0.15) is 5.56 Å². The van der Waals surface area contributed by atoms with Gasteiger partial charge in [0.1, 0.15) is 18.1 Å². The van der Waals surface area contributed by atoms with Gasteiger partial charge in [-0.15, -0.1) is 0 Å². The Balaban J connectivity index is 1.66. The number of halogens is 1. The average Bonchev–Trinajstić information content (AvgIpc) is 2.80. The summed E-state index contributed by atoms with van der Waals surface area (Å²) in [4.78, 5) is 18.3. The molecule has 0 amide bonds. The number of ether oxygens (including phenoxy) is 2. The number of nitrogens with two attached hydrogens (primary N) is 1. The van der Waals surface area contributed by atoms with E-state index in [0.717, 1.165) is 11.6 Å². The van der Waals surface area contributed by atoms with Crippen molar-refractivity contribution in [3.05, 3.63) is 100 Å². The molecule has 1 heterocycles. The molecule has 4 rings (SSSR count). The Morgan fingerprint density at radius 1 is 1.00 bits per heavy atom. The lowest BCUT2D eigenvalue weighted by Crippen LogP contribution is -2.00. The lowest BCUT2D eigenvalue weighted by molar-refractivity contribution is -0.385. The molecule has 0 fully saturated rings. The molecule has 0 saturated heterocycles. The number of benzene rings is 3. The minimum absolute atomic E-state index is 0.0873. The second-order valence-corrected chi connectivity index (χ2v) is 6.71. The number of nitrogen functional groups attached to an aromatic ring is 1. The van der Waals surface area contributed by atoms with Crippen molar-refractivity contribution in [3.63, 3.8) is 0 Å². The largest absolute Gasteiger partial charge is 0.488 e. The number of nitro benzene ring substituents is 1. The summed E-state index contributed by atoms with van der Waals surface area (Å²) in [5, 5.41) is 10.8. The second-order valence-electron chi connectivity index (χ2n) is 6.71. The van der Waals surface area contributed by atoms with E-state index in [0.29, 0.717) is 23.6 Å². The van der Waals surface area contributed by atoms with Crippen molar-refractivity contribution < 1.29 is 18.8 Å². The third-order valence-electron chi connectivity index (χ3n) is 4.49. The standard InChI is InChI=1S/C23H17FN4O4/c24-19-12-16(28(29)30)6-8-22(19)32-17-7-9-21(31-14-15-4-2-1-3-5-15)18(13-17)20-10-11-26-23(25)27-20/h1-13H,14H2,(H2,25,26,27). The van der Waals surface area contributed by atoms with Crippen molar-refractivity contribution in [1.29, 1.82) is 0 Å². The Morgan fingerprint density at radius 3 is 2.50 bits per heavy atom. The van der Waals surface area contributed by atoms with Crippen LogP contribution in [0.15, 0.2) is 79.0 Å². The van der Waals surface area contributed by atoms with Crippen molar-refractivity contribution >= 4 is 11.6 Å². The summed E-state index contributed by atoms with van der Waals surface area (Å²) < 4.78 is 25.9. The van der Waals surface area contributed by atoms with Gasteiger partial charge in [-0.2, -0.15) is 0 Å². The first-order valence-corrected chi connectivity index (χ1v) is 9.51. The summed E-state index contributed by atoms with van der Waals surface area (Å²) in [6, 6.07) is 19.4. The van der Waals surface area contributed by atoms with Crippen molar-refractivity contribution in [1.82, 2.24) is 9.97 Å². The molecule has 4 aromatic rings. The van der Waals surface area contributed by atoms with E-state index in [4.69, 9.17) is 15.2 Å². The van der Waals surface area contributed by atoms with Crippen LogP contribution in [-0.2, 0) is 6.61 Å². The molecule has 160 valence electrons. The van der Waals surface area contributed by atoms with Crippen molar-refractivity contribution in [3.8, 4) is 28.5 Å². The summed E-state index contributed by atoms with van der Waals surface area (Å²) in [5.74, 6) is -0.108. The van der Waals surface area contributed by atoms with E-state index in [9.17, 15) is 14.5 Å². The number of non-ortho nitro benzene ring substituents is 1. The predicted octanol–water partition coefficient (Wildman–Crippen LogP) is 5.14. The molecule has 3 aromatic carbocycles. The number of rotatable bonds is 7. The lowest BCUT2D eigenvalue weighted by Gasteiger charge is -2.14. The maximum absolute atomic E-state index is 14.3. The number of anilines is 1. The zero-order chi connectivity index (χ0) is 22.5.